The Labute approximate surface area is 191 Å². The van der Waals surface area contributed by atoms with Crippen LogP contribution in [-0.4, -0.2) is 29.1 Å². The standard InChI is InChI=1S/C24H23Cl2N3O2/c1-3-8-28-24(31)7-9-27-23-13-17(16-5-4-6-18(25)11-16)12-21(29-23)19-14-20(26)15(2)10-22(19)30/h3-6,10-14,30H,1,7-9H2,2H3,(H,27,29)(H,28,31). The molecule has 0 unspecified atom stereocenters. The van der Waals surface area contributed by atoms with E-state index in [4.69, 9.17) is 23.2 Å². The van der Waals surface area contributed by atoms with Crippen molar-refractivity contribution in [3.05, 3.63) is 76.8 Å². The number of aryl methyl sites for hydroxylation is 1. The van der Waals surface area contributed by atoms with E-state index in [2.05, 4.69) is 22.2 Å². The maximum absolute atomic E-state index is 11.8. The number of hydrogen-bond donors (Lipinski definition) is 3. The van der Waals surface area contributed by atoms with E-state index < -0.39 is 0 Å². The van der Waals surface area contributed by atoms with E-state index in [1.807, 2.05) is 37.3 Å². The van der Waals surface area contributed by atoms with Crippen LogP contribution in [0.3, 0.4) is 0 Å². The maximum atomic E-state index is 11.8. The molecular weight excluding hydrogens is 433 g/mol. The topological polar surface area (TPSA) is 74.2 Å². The van der Waals surface area contributed by atoms with Crippen molar-refractivity contribution in [3.63, 3.8) is 0 Å². The van der Waals surface area contributed by atoms with Crippen molar-refractivity contribution in [2.24, 2.45) is 0 Å². The van der Waals surface area contributed by atoms with Crippen molar-refractivity contribution in [2.45, 2.75) is 13.3 Å². The molecule has 2 aromatic carbocycles. The summed E-state index contributed by atoms with van der Waals surface area (Å²) in [4.78, 5) is 16.5. The fourth-order valence-corrected chi connectivity index (χ4v) is 3.40. The van der Waals surface area contributed by atoms with Gasteiger partial charge >= 0.3 is 0 Å². The lowest BCUT2D eigenvalue weighted by atomic mass is 10.0. The molecule has 0 spiro atoms. The normalized spacial score (nSPS) is 10.5. The number of phenols is 1. The van der Waals surface area contributed by atoms with Crippen LogP contribution in [0.25, 0.3) is 22.4 Å². The van der Waals surface area contributed by atoms with Crippen LogP contribution in [0.1, 0.15) is 12.0 Å². The zero-order valence-electron chi connectivity index (χ0n) is 17.1. The molecule has 0 aliphatic rings. The molecular formula is C24H23Cl2N3O2. The van der Waals surface area contributed by atoms with E-state index in [1.54, 1.807) is 24.3 Å². The molecule has 7 heteroatoms. The van der Waals surface area contributed by atoms with Gasteiger partial charge in [0.05, 0.1) is 5.69 Å². The molecule has 5 nitrogen and oxygen atoms in total. The molecule has 31 heavy (non-hydrogen) atoms. The van der Waals surface area contributed by atoms with Gasteiger partial charge in [-0.05, 0) is 60.0 Å². The fourth-order valence-electron chi connectivity index (χ4n) is 3.04. The van der Waals surface area contributed by atoms with Crippen LogP contribution >= 0.6 is 23.2 Å². The van der Waals surface area contributed by atoms with Gasteiger partial charge in [-0.1, -0.05) is 41.4 Å². The number of carbonyl (C=O) groups excluding carboxylic acids is 1. The smallest absolute Gasteiger partial charge is 0.222 e. The summed E-state index contributed by atoms with van der Waals surface area (Å²) in [7, 11) is 0. The van der Waals surface area contributed by atoms with Gasteiger partial charge in [-0.3, -0.25) is 4.79 Å². The number of aromatic nitrogens is 1. The molecule has 3 N–H and O–H groups in total. The number of amides is 1. The van der Waals surface area contributed by atoms with Gasteiger partial charge in [0.1, 0.15) is 11.6 Å². The summed E-state index contributed by atoms with van der Waals surface area (Å²) in [5.74, 6) is 0.578. The second kappa shape index (κ2) is 10.3. The average Bonchev–Trinajstić information content (AvgIpc) is 2.74. The molecule has 160 valence electrons. The minimum atomic E-state index is -0.0819. The highest BCUT2D eigenvalue weighted by Gasteiger charge is 2.13. The number of rotatable bonds is 8. The number of phenolic OH excluding ortho intramolecular Hbond substituents is 1. The summed E-state index contributed by atoms with van der Waals surface area (Å²) < 4.78 is 0. The quantitative estimate of drug-likeness (QED) is 0.373. The van der Waals surface area contributed by atoms with E-state index in [-0.39, 0.29) is 18.1 Å². The monoisotopic (exact) mass is 455 g/mol. The average molecular weight is 456 g/mol. The largest absolute Gasteiger partial charge is 0.507 e. The first-order valence-corrected chi connectivity index (χ1v) is 10.5. The molecule has 0 bridgehead atoms. The van der Waals surface area contributed by atoms with Crippen LogP contribution in [-0.2, 0) is 4.79 Å². The first-order chi connectivity index (χ1) is 14.9. The highest BCUT2D eigenvalue weighted by molar-refractivity contribution is 6.31. The van der Waals surface area contributed by atoms with Crippen molar-refractivity contribution < 1.29 is 9.90 Å². The number of benzene rings is 2. The third kappa shape index (κ3) is 6.00. The zero-order chi connectivity index (χ0) is 22.4. The third-order valence-corrected chi connectivity index (χ3v) is 5.28. The van der Waals surface area contributed by atoms with E-state index in [0.717, 1.165) is 16.7 Å². The maximum Gasteiger partial charge on any atom is 0.222 e. The van der Waals surface area contributed by atoms with Crippen molar-refractivity contribution >= 4 is 34.9 Å². The van der Waals surface area contributed by atoms with Gasteiger partial charge < -0.3 is 15.7 Å². The van der Waals surface area contributed by atoms with Crippen LogP contribution in [0, 0.1) is 6.92 Å². The number of halogens is 2. The van der Waals surface area contributed by atoms with Crippen LogP contribution < -0.4 is 10.6 Å². The molecule has 3 aromatic rings. The van der Waals surface area contributed by atoms with Crippen LogP contribution in [0.15, 0.2) is 61.2 Å². The predicted octanol–water partition coefficient (Wildman–Crippen LogP) is 5.84. The van der Waals surface area contributed by atoms with Gasteiger partial charge in [-0.2, -0.15) is 0 Å². The predicted molar refractivity (Wildman–Crippen MR) is 128 cm³/mol. The van der Waals surface area contributed by atoms with Crippen LogP contribution in [0.4, 0.5) is 5.82 Å². The lowest BCUT2D eigenvalue weighted by molar-refractivity contribution is -0.120. The number of carbonyl (C=O) groups is 1. The molecule has 0 atom stereocenters. The summed E-state index contributed by atoms with van der Waals surface area (Å²) in [6, 6.07) is 14.5. The fraction of sp³-hybridized carbons (Fsp3) is 0.167. The Morgan fingerprint density at radius 2 is 1.97 bits per heavy atom. The van der Waals surface area contributed by atoms with Gasteiger partial charge in [0.15, 0.2) is 0 Å². The third-order valence-electron chi connectivity index (χ3n) is 4.64. The van der Waals surface area contributed by atoms with Crippen molar-refractivity contribution in [1.29, 1.82) is 0 Å². The Morgan fingerprint density at radius 3 is 2.71 bits per heavy atom. The molecule has 1 aromatic heterocycles. The van der Waals surface area contributed by atoms with Crippen LogP contribution in [0.2, 0.25) is 10.0 Å². The number of aromatic hydroxyl groups is 1. The minimum absolute atomic E-state index is 0.0819. The van der Waals surface area contributed by atoms with Gasteiger partial charge in [0.25, 0.3) is 0 Å². The van der Waals surface area contributed by atoms with Crippen molar-refractivity contribution in [3.8, 4) is 28.1 Å². The first kappa shape index (κ1) is 22.7. The van der Waals surface area contributed by atoms with Crippen molar-refractivity contribution in [1.82, 2.24) is 10.3 Å². The van der Waals surface area contributed by atoms with Gasteiger partial charge in [0.2, 0.25) is 5.91 Å². The van der Waals surface area contributed by atoms with E-state index in [0.29, 0.717) is 40.2 Å². The highest BCUT2D eigenvalue weighted by atomic mass is 35.5. The molecule has 0 fully saturated rings. The Morgan fingerprint density at radius 1 is 1.16 bits per heavy atom. The number of hydrogen-bond acceptors (Lipinski definition) is 4. The Kier molecular flexibility index (Phi) is 7.55. The molecule has 1 amide bonds. The summed E-state index contributed by atoms with van der Waals surface area (Å²) in [6.07, 6.45) is 1.92. The first-order valence-electron chi connectivity index (χ1n) is 9.76. The lowest BCUT2D eigenvalue weighted by Gasteiger charge is -2.13. The zero-order valence-corrected chi connectivity index (χ0v) is 18.6. The Bertz CT molecular complexity index is 1120. The minimum Gasteiger partial charge on any atom is -0.507 e. The number of anilines is 1. The molecule has 0 radical (unpaired) electrons. The summed E-state index contributed by atoms with van der Waals surface area (Å²) >= 11 is 12.5. The van der Waals surface area contributed by atoms with Gasteiger partial charge in [-0.15, -0.1) is 6.58 Å². The van der Waals surface area contributed by atoms with Gasteiger partial charge in [-0.25, -0.2) is 4.98 Å². The van der Waals surface area contributed by atoms with E-state index in [1.165, 1.54) is 0 Å². The lowest BCUT2D eigenvalue weighted by Crippen LogP contribution is -2.25. The van der Waals surface area contributed by atoms with E-state index >= 15 is 0 Å². The molecule has 0 saturated heterocycles. The van der Waals surface area contributed by atoms with Crippen molar-refractivity contribution in [2.75, 3.05) is 18.4 Å². The second-order valence-electron chi connectivity index (χ2n) is 7.02. The Hall–Kier alpha value is -3.02. The second-order valence-corrected chi connectivity index (χ2v) is 7.87. The molecule has 0 aliphatic carbocycles. The molecule has 3 rings (SSSR count). The molecule has 1 heterocycles. The highest BCUT2D eigenvalue weighted by Crippen LogP contribution is 2.36. The number of nitrogens with zero attached hydrogens (tertiary/aromatic N) is 1. The van der Waals surface area contributed by atoms with Crippen LogP contribution in [0.5, 0.6) is 5.75 Å². The molecule has 0 saturated carbocycles. The van der Waals surface area contributed by atoms with Gasteiger partial charge in [0, 0.05) is 35.1 Å². The summed E-state index contributed by atoms with van der Waals surface area (Å²) in [5, 5.41) is 17.6. The molecule has 0 aliphatic heterocycles. The summed E-state index contributed by atoms with van der Waals surface area (Å²) in [5.41, 5.74) is 3.61. The number of pyridine rings is 1. The Balaban J connectivity index is 1.96. The summed E-state index contributed by atoms with van der Waals surface area (Å²) in [6.45, 7) is 6.24. The number of nitrogens with one attached hydrogen (secondary N) is 2. The SMILES string of the molecule is C=CCNC(=O)CCNc1cc(-c2cccc(Cl)c2)cc(-c2cc(Cl)c(C)cc2O)n1. The van der Waals surface area contributed by atoms with E-state index in [9.17, 15) is 9.90 Å².